The lowest BCUT2D eigenvalue weighted by molar-refractivity contribution is 0.0939. The molecule has 0 aliphatic heterocycles. The fourth-order valence-electron chi connectivity index (χ4n) is 3.82. The molecule has 7 heteroatoms. The lowest BCUT2D eigenvalue weighted by atomic mass is 9.95. The molecule has 0 N–H and O–H groups in total. The molecule has 6 nitrogen and oxygen atoms in total. The van der Waals surface area contributed by atoms with Gasteiger partial charge < -0.3 is 0 Å². The van der Waals surface area contributed by atoms with Crippen LogP contribution in [-0.2, 0) is 5.41 Å². The average Bonchev–Trinajstić information content (AvgIpc) is 2.98. The number of fused-ring (bicyclic) bond motifs is 2. The third-order valence-corrected chi connectivity index (χ3v) is 5.75. The van der Waals surface area contributed by atoms with Gasteiger partial charge in [0.2, 0.25) is 5.91 Å². The summed E-state index contributed by atoms with van der Waals surface area (Å²) >= 11 is 3.43. The van der Waals surface area contributed by atoms with Crippen LogP contribution in [0.2, 0.25) is 0 Å². The summed E-state index contributed by atoms with van der Waals surface area (Å²) in [6.07, 6.45) is 1.65. The highest BCUT2D eigenvalue weighted by molar-refractivity contribution is 9.10. The number of aromatic nitrogens is 3. The third kappa shape index (κ3) is 3.63. The van der Waals surface area contributed by atoms with Gasteiger partial charge in [-0.05, 0) is 31.2 Å². The molecule has 0 amide bonds. The summed E-state index contributed by atoms with van der Waals surface area (Å²) in [5, 5.41) is 5.97. The summed E-state index contributed by atoms with van der Waals surface area (Å²) in [4.78, 5) is 30.3. The van der Waals surface area contributed by atoms with Gasteiger partial charge in [-0.15, -0.1) is 0 Å². The van der Waals surface area contributed by atoms with E-state index < -0.39 is 5.41 Å². The van der Waals surface area contributed by atoms with E-state index in [1.54, 1.807) is 16.8 Å². The second-order valence-corrected chi connectivity index (χ2v) is 9.49. The van der Waals surface area contributed by atoms with E-state index in [0.29, 0.717) is 16.7 Å². The fraction of sp³-hybridized carbons (Fsp3) is 0.250. The van der Waals surface area contributed by atoms with Crippen LogP contribution < -0.4 is 5.56 Å². The summed E-state index contributed by atoms with van der Waals surface area (Å²) in [6.45, 7) is 9.41. The Hall–Kier alpha value is -3.06. The van der Waals surface area contributed by atoms with Crippen molar-refractivity contribution < 1.29 is 4.79 Å². The number of halogens is 1. The van der Waals surface area contributed by atoms with Gasteiger partial charge in [-0.1, -0.05) is 54.9 Å². The molecule has 0 saturated carbocycles. The summed E-state index contributed by atoms with van der Waals surface area (Å²) < 4.78 is 3.84. The maximum absolute atomic E-state index is 13.4. The van der Waals surface area contributed by atoms with Crippen molar-refractivity contribution in [3.8, 4) is 0 Å². The molecule has 31 heavy (non-hydrogen) atoms. The first-order chi connectivity index (χ1) is 14.6. The minimum absolute atomic E-state index is 0.0712. The highest BCUT2D eigenvalue weighted by Gasteiger charge is 2.23. The molecular weight excluding hydrogens is 456 g/mol. The predicted molar refractivity (Wildman–Crippen MR) is 128 cm³/mol. The maximum atomic E-state index is 13.4. The van der Waals surface area contributed by atoms with Crippen LogP contribution in [0.25, 0.3) is 21.8 Å². The van der Waals surface area contributed by atoms with Crippen LogP contribution in [0.15, 0.2) is 56.8 Å². The largest absolute Gasteiger partial charge is 0.284 e. The van der Waals surface area contributed by atoms with Gasteiger partial charge >= 0.3 is 0 Å². The van der Waals surface area contributed by atoms with E-state index in [4.69, 9.17) is 4.98 Å². The zero-order valence-corrected chi connectivity index (χ0v) is 19.7. The SMILES string of the molecule is CC(=O)n1c(C)c(C=Nn2c(C(C)(C)C)nc3ccc(Br)cc3c2=O)c2ccccc21. The molecule has 4 aromatic rings. The van der Waals surface area contributed by atoms with Crippen molar-refractivity contribution in [3.63, 3.8) is 0 Å². The smallest absolute Gasteiger partial charge is 0.282 e. The minimum atomic E-state index is -0.403. The van der Waals surface area contributed by atoms with Crippen molar-refractivity contribution in [1.82, 2.24) is 14.2 Å². The minimum Gasteiger partial charge on any atom is -0.284 e. The topological polar surface area (TPSA) is 69.2 Å². The van der Waals surface area contributed by atoms with E-state index in [1.807, 2.05) is 64.1 Å². The summed E-state index contributed by atoms with van der Waals surface area (Å²) in [5.74, 6) is 0.495. The Morgan fingerprint density at radius 2 is 1.84 bits per heavy atom. The number of carbonyl (C=O) groups excluding carboxylic acids is 1. The van der Waals surface area contributed by atoms with E-state index in [2.05, 4.69) is 21.0 Å². The Balaban J connectivity index is 2.00. The molecule has 0 bridgehead atoms. The number of hydrogen-bond donors (Lipinski definition) is 0. The van der Waals surface area contributed by atoms with Gasteiger partial charge in [-0.25, -0.2) is 4.98 Å². The second-order valence-electron chi connectivity index (χ2n) is 8.58. The first kappa shape index (κ1) is 21.2. The van der Waals surface area contributed by atoms with Gasteiger partial charge in [-0.3, -0.25) is 14.2 Å². The van der Waals surface area contributed by atoms with Crippen molar-refractivity contribution in [3.05, 3.63) is 74.4 Å². The Morgan fingerprint density at radius 1 is 1.13 bits per heavy atom. The quantitative estimate of drug-likeness (QED) is 0.368. The van der Waals surface area contributed by atoms with Crippen molar-refractivity contribution in [2.45, 2.75) is 40.0 Å². The maximum Gasteiger partial charge on any atom is 0.282 e. The van der Waals surface area contributed by atoms with E-state index in [9.17, 15) is 9.59 Å². The van der Waals surface area contributed by atoms with Crippen LogP contribution in [0.1, 0.15) is 49.6 Å². The molecule has 2 aromatic carbocycles. The van der Waals surface area contributed by atoms with Crippen molar-refractivity contribution in [2.24, 2.45) is 5.10 Å². The zero-order chi connectivity index (χ0) is 22.5. The number of hydrogen-bond acceptors (Lipinski definition) is 4. The second kappa shape index (κ2) is 7.57. The van der Waals surface area contributed by atoms with Gasteiger partial charge in [0.1, 0.15) is 5.82 Å². The molecular formula is C24H23BrN4O2. The van der Waals surface area contributed by atoms with Crippen LogP contribution in [0, 0.1) is 6.92 Å². The molecule has 158 valence electrons. The number of nitrogens with zero attached hydrogens (tertiary/aromatic N) is 4. The standard InChI is InChI=1S/C24H23BrN4O2/c1-14-19(17-8-6-7-9-21(17)28(14)15(2)30)13-26-29-22(31)18-12-16(25)10-11-20(18)27-23(29)24(3,4)5/h6-13H,1-5H3. The van der Waals surface area contributed by atoms with Crippen molar-refractivity contribution in [2.75, 3.05) is 0 Å². The highest BCUT2D eigenvalue weighted by atomic mass is 79.9. The molecule has 2 heterocycles. The van der Waals surface area contributed by atoms with Crippen molar-refractivity contribution >= 4 is 49.9 Å². The molecule has 0 fully saturated rings. The van der Waals surface area contributed by atoms with Crippen LogP contribution >= 0.6 is 15.9 Å². The number of carbonyl (C=O) groups is 1. The van der Waals surface area contributed by atoms with Crippen molar-refractivity contribution in [1.29, 1.82) is 0 Å². The van der Waals surface area contributed by atoms with Crippen LogP contribution in [0.4, 0.5) is 0 Å². The summed E-state index contributed by atoms with van der Waals surface area (Å²) in [5.41, 5.74) is 2.39. The molecule has 4 rings (SSSR count). The summed E-state index contributed by atoms with van der Waals surface area (Å²) in [7, 11) is 0. The predicted octanol–water partition coefficient (Wildman–Crippen LogP) is 5.26. The van der Waals surface area contributed by atoms with Crippen LogP contribution in [0.3, 0.4) is 0 Å². The Kier molecular flexibility index (Phi) is 5.17. The number of para-hydroxylation sites is 1. The molecule has 2 aromatic heterocycles. The third-order valence-electron chi connectivity index (χ3n) is 5.26. The summed E-state index contributed by atoms with van der Waals surface area (Å²) in [6, 6.07) is 13.1. The zero-order valence-electron chi connectivity index (χ0n) is 18.1. The number of rotatable bonds is 2. The first-order valence-electron chi connectivity index (χ1n) is 9.97. The fourth-order valence-corrected chi connectivity index (χ4v) is 4.18. The lowest BCUT2D eigenvalue weighted by Crippen LogP contribution is -2.29. The van der Waals surface area contributed by atoms with E-state index >= 15 is 0 Å². The van der Waals surface area contributed by atoms with E-state index in [0.717, 1.165) is 26.6 Å². The van der Waals surface area contributed by atoms with Crippen LogP contribution in [-0.4, -0.2) is 26.3 Å². The van der Waals surface area contributed by atoms with E-state index in [-0.39, 0.29) is 11.5 Å². The highest BCUT2D eigenvalue weighted by Crippen LogP contribution is 2.26. The van der Waals surface area contributed by atoms with E-state index in [1.165, 1.54) is 11.6 Å². The van der Waals surface area contributed by atoms with Crippen LogP contribution in [0.5, 0.6) is 0 Å². The molecule has 0 radical (unpaired) electrons. The monoisotopic (exact) mass is 478 g/mol. The molecule has 0 atom stereocenters. The van der Waals surface area contributed by atoms with Gasteiger partial charge in [0.15, 0.2) is 0 Å². The average molecular weight is 479 g/mol. The molecule has 0 saturated heterocycles. The molecule has 0 aliphatic carbocycles. The van der Waals surface area contributed by atoms with Gasteiger partial charge in [0.05, 0.1) is 22.6 Å². The Morgan fingerprint density at radius 3 is 2.52 bits per heavy atom. The van der Waals surface area contributed by atoms with Gasteiger partial charge in [0, 0.05) is 33.5 Å². The van der Waals surface area contributed by atoms with Gasteiger partial charge in [0.25, 0.3) is 5.56 Å². The van der Waals surface area contributed by atoms with Gasteiger partial charge in [-0.2, -0.15) is 9.78 Å². The number of benzene rings is 2. The first-order valence-corrected chi connectivity index (χ1v) is 10.8. The Labute approximate surface area is 188 Å². The Bertz CT molecular complexity index is 1440. The molecule has 0 aliphatic rings. The molecule has 0 unspecified atom stereocenters. The lowest BCUT2D eigenvalue weighted by Gasteiger charge is -2.20. The molecule has 0 spiro atoms. The normalized spacial score (nSPS) is 12.3.